The fraction of sp³-hybridized carbons (Fsp3) is 0.350. The van der Waals surface area contributed by atoms with Gasteiger partial charge >= 0.3 is 6.09 Å². The van der Waals surface area contributed by atoms with Crippen molar-refractivity contribution in [1.82, 2.24) is 4.90 Å². The molecule has 3 rings (SSSR count). The Kier molecular flexibility index (Phi) is 6.13. The lowest BCUT2D eigenvalue weighted by atomic mass is 10.2. The van der Waals surface area contributed by atoms with Crippen LogP contribution in [0.15, 0.2) is 59.5 Å². The average molecular weight is 389 g/mol. The molecule has 0 aromatic heterocycles. The third-order valence-corrected chi connectivity index (χ3v) is 5.84. The van der Waals surface area contributed by atoms with Crippen LogP contribution in [-0.2, 0) is 25.6 Å². The minimum absolute atomic E-state index is 0.0728. The van der Waals surface area contributed by atoms with Crippen LogP contribution in [-0.4, -0.2) is 38.6 Å². The molecule has 0 aliphatic carbocycles. The van der Waals surface area contributed by atoms with E-state index in [0.29, 0.717) is 13.0 Å². The lowest BCUT2D eigenvalue weighted by Crippen LogP contribution is -2.39. The van der Waals surface area contributed by atoms with Crippen LogP contribution in [0.1, 0.15) is 24.0 Å². The maximum atomic E-state index is 12.4. The van der Waals surface area contributed by atoms with Crippen molar-refractivity contribution in [1.29, 1.82) is 0 Å². The third-order valence-electron chi connectivity index (χ3n) is 4.54. The second kappa shape index (κ2) is 8.54. The Morgan fingerprint density at radius 2 is 1.81 bits per heavy atom. The van der Waals surface area contributed by atoms with E-state index in [0.717, 1.165) is 17.5 Å². The number of rotatable bonds is 6. The molecule has 0 saturated carbocycles. The fourth-order valence-electron chi connectivity index (χ4n) is 2.99. The van der Waals surface area contributed by atoms with E-state index in [1.54, 1.807) is 17.0 Å². The van der Waals surface area contributed by atoms with Crippen molar-refractivity contribution in [2.75, 3.05) is 13.2 Å². The van der Waals surface area contributed by atoms with Gasteiger partial charge in [0.2, 0.25) is 0 Å². The Bertz CT molecular complexity index is 865. The minimum Gasteiger partial charge on any atom is -0.445 e. The van der Waals surface area contributed by atoms with Crippen LogP contribution in [0, 0.1) is 6.92 Å². The van der Waals surface area contributed by atoms with Crippen molar-refractivity contribution < 1.29 is 22.1 Å². The summed E-state index contributed by atoms with van der Waals surface area (Å²) in [7, 11) is -3.85. The van der Waals surface area contributed by atoms with Gasteiger partial charge in [0, 0.05) is 6.54 Å². The van der Waals surface area contributed by atoms with E-state index in [1.807, 2.05) is 37.3 Å². The maximum Gasteiger partial charge on any atom is 0.410 e. The number of carbonyl (C=O) groups excluding carboxylic acids is 1. The van der Waals surface area contributed by atoms with Gasteiger partial charge in [0.05, 0.1) is 17.5 Å². The number of likely N-dealkylation sites (tertiary alicyclic amines) is 1. The van der Waals surface area contributed by atoms with E-state index in [4.69, 9.17) is 8.92 Å². The van der Waals surface area contributed by atoms with Gasteiger partial charge < -0.3 is 9.64 Å². The predicted molar refractivity (Wildman–Crippen MR) is 101 cm³/mol. The van der Waals surface area contributed by atoms with Crippen LogP contribution >= 0.6 is 0 Å². The van der Waals surface area contributed by atoms with E-state index in [1.165, 1.54) is 12.1 Å². The molecule has 1 fully saturated rings. The molecule has 0 N–H and O–H groups in total. The van der Waals surface area contributed by atoms with E-state index in [-0.39, 0.29) is 24.2 Å². The highest BCUT2D eigenvalue weighted by atomic mass is 32.2. The van der Waals surface area contributed by atoms with Crippen LogP contribution in [0.5, 0.6) is 0 Å². The molecule has 0 unspecified atom stereocenters. The normalized spacial score (nSPS) is 17.1. The van der Waals surface area contributed by atoms with Crippen LogP contribution in [0.4, 0.5) is 4.79 Å². The fourth-order valence-corrected chi connectivity index (χ4v) is 3.93. The summed E-state index contributed by atoms with van der Waals surface area (Å²) in [5, 5.41) is 0. The summed E-state index contributed by atoms with van der Waals surface area (Å²) in [6.45, 7) is 2.53. The molecule has 1 heterocycles. The number of nitrogens with zero attached hydrogens (tertiary/aromatic N) is 1. The molecule has 1 aliphatic heterocycles. The Hall–Kier alpha value is -2.38. The molecule has 1 saturated heterocycles. The monoisotopic (exact) mass is 389 g/mol. The van der Waals surface area contributed by atoms with Gasteiger partial charge in [-0.1, -0.05) is 48.0 Å². The van der Waals surface area contributed by atoms with Crippen molar-refractivity contribution in [3.05, 3.63) is 65.7 Å². The van der Waals surface area contributed by atoms with Crippen LogP contribution in [0.2, 0.25) is 0 Å². The zero-order chi connectivity index (χ0) is 19.3. The Morgan fingerprint density at radius 3 is 2.52 bits per heavy atom. The van der Waals surface area contributed by atoms with Crippen LogP contribution in [0.3, 0.4) is 0 Å². The SMILES string of the molecule is Cc1ccc(S(=O)(=O)OC[C@@H]2CCCN2C(=O)OCc2ccccc2)cc1. The lowest BCUT2D eigenvalue weighted by molar-refractivity contribution is 0.0829. The molecule has 2 aromatic carbocycles. The second-order valence-electron chi connectivity index (χ2n) is 6.58. The molecular formula is C20H23NO5S. The first-order valence-electron chi connectivity index (χ1n) is 8.89. The van der Waals surface area contributed by atoms with E-state index < -0.39 is 16.2 Å². The van der Waals surface area contributed by atoms with Crippen molar-refractivity contribution in [3.8, 4) is 0 Å². The van der Waals surface area contributed by atoms with E-state index in [9.17, 15) is 13.2 Å². The number of benzene rings is 2. The van der Waals surface area contributed by atoms with Gasteiger partial charge in [-0.15, -0.1) is 0 Å². The predicted octanol–water partition coefficient (Wildman–Crippen LogP) is 3.50. The highest BCUT2D eigenvalue weighted by Crippen LogP contribution is 2.21. The Morgan fingerprint density at radius 1 is 1.11 bits per heavy atom. The summed E-state index contributed by atoms with van der Waals surface area (Å²) in [5.74, 6) is 0. The Balaban J connectivity index is 1.56. The Labute approximate surface area is 159 Å². The van der Waals surface area contributed by atoms with E-state index in [2.05, 4.69) is 0 Å². The lowest BCUT2D eigenvalue weighted by Gasteiger charge is -2.23. The zero-order valence-electron chi connectivity index (χ0n) is 15.2. The molecule has 0 radical (unpaired) electrons. The highest BCUT2D eigenvalue weighted by molar-refractivity contribution is 7.86. The van der Waals surface area contributed by atoms with Gasteiger partial charge in [-0.05, 0) is 37.5 Å². The molecule has 27 heavy (non-hydrogen) atoms. The molecule has 0 bridgehead atoms. The quantitative estimate of drug-likeness (QED) is 0.707. The summed E-state index contributed by atoms with van der Waals surface area (Å²) in [5.41, 5.74) is 1.87. The summed E-state index contributed by atoms with van der Waals surface area (Å²) in [4.78, 5) is 14.0. The topological polar surface area (TPSA) is 72.9 Å². The average Bonchev–Trinajstić information content (AvgIpc) is 3.14. The standard InChI is InChI=1S/C20H23NO5S/c1-16-9-11-19(12-10-16)27(23,24)26-15-18-8-5-13-21(18)20(22)25-14-17-6-3-2-4-7-17/h2-4,6-7,9-12,18H,5,8,13-15H2,1H3/t18-/m0/s1. The molecular weight excluding hydrogens is 366 g/mol. The molecule has 1 aliphatic rings. The maximum absolute atomic E-state index is 12.4. The van der Waals surface area contributed by atoms with Gasteiger partial charge in [-0.2, -0.15) is 8.42 Å². The van der Waals surface area contributed by atoms with Gasteiger partial charge in [-0.25, -0.2) is 4.79 Å². The summed E-state index contributed by atoms with van der Waals surface area (Å²) in [6, 6.07) is 15.6. The number of amides is 1. The van der Waals surface area contributed by atoms with Crippen molar-refractivity contribution in [3.63, 3.8) is 0 Å². The number of ether oxygens (including phenoxy) is 1. The van der Waals surface area contributed by atoms with Gasteiger partial charge in [0.25, 0.3) is 10.1 Å². The largest absolute Gasteiger partial charge is 0.445 e. The number of aryl methyl sites for hydroxylation is 1. The smallest absolute Gasteiger partial charge is 0.410 e. The third kappa shape index (κ3) is 5.08. The van der Waals surface area contributed by atoms with Crippen molar-refractivity contribution in [2.45, 2.75) is 37.3 Å². The molecule has 0 spiro atoms. The van der Waals surface area contributed by atoms with Gasteiger partial charge in [0.1, 0.15) is 6.61 Å². The number of hydrogen-bond acceptors (Lipinski definition) is 5. The molecule has 7 heteroatoms. The molecule has 1 amide bonds. The van der Waals surface area contributed by atoms with Crippen LogP contribution in [0.25, 0.3) is 0 Å². The summed E-state index contributed by atoms with van der Waals surface area (Å²) < 4.78 is 35.2. The molecule has 2 aromatic rings. The zero-order valence-corrected chi connectivity index (χ0v) is 16.0. The molecule has 144 valence electrons. The van der Waals surface area contributed by atoms with Gasteiger partial charge in [0.15, 0.2) is 0 Å². The van der Waals surface area contributed by atoms with Crippen molar-refractivity contribution >= 4 is 16.2 Å². The van der Waals surface area contributed by atoms with Gasteiger partial charge in [-0.3, -0.25) is 4.18 Å². The van der Waals surface area contributed by atoms with Crippen molar-refractivity contribution in [2.24, 2.45) is 0 Å². The van der Waals surface area contributed by atoms with E-state index >= 15 is 0 Å². The second-order valence-corrected chi connectivity index (χ2v) is 8.20. The molecule has 1 atom stereocenters. The first-order valence-corrected chi connectivity index (χ1v) is 10.3. The number of carbonyl (C=O) groups is 1. The number of hydrogen-bond donors (Lipinski definition) is 0. The van der Waals surface area contributed by atoms with Crippen LogP contribution < -0.4 is 0 Å². The minimum atomic E-state index is -3.85. The highest BCUT2D eigenvalue weighted by Gasteiger charge is 2.31. The summed E-state index contributed by atoms with van der Waals surface area (Å²) in [6.07, 6.45) is 1.03. The first kappa shape index (κ1) is 19.4. The first-order chi connectivity index (χ1) is 13.0. The molecule has 6 nitrogen and oxygen atoms in total. The summed E-state index contributed by atoms with van der Waals surface area (Å²) >= 11 is 0.